The first-order valence-electron chi connectivity index (χ1n) is 11.7. The van der Waals surface area contributed by atoms with Crippen molar-refractivity contribution in [3.05, 3.63) is 37.2 Å². The van der Waals surface area contributed by atoms with Gasteiger partial charge in [-0.05, 0) is 112 Å². The van der Waals surface area contributed by atoms with Gasteiger partial charge >= 0.3 is 0 Å². The van der Waals surface area contributed by atoms with Crippen molar-refractivity contribution < 1.29 is 14.7 Å². The molecule has 0 bridgehead atoms. The SMILES string of the molecule is Cc1cnc(NC(=O)CC[C@@H]2C(Br)C(=O)[C@@]3(C)CCC4c5cc(Br)c(O)c(Br)c5CCC4C23)s1. The van der Waals surface area contributed by atoms with Gasteiger partial charge < -0.3 is 10.4 Å². The molecule has 1 aromatic heterocycles. The maximum absolute atomic E-state index is 13.5. The van der Waals surface area contributed by atoms with Crippen LogP contribution in [0.1, 0.15) is 60.9 Å². The lowest BCUT2D eigenvalue weighted by atomic mass is 9.54. The first-order valence-corrected chi connectivity index (χ1v) is 15.0. The van der Waals surface area contributed by atoms with Crippen molar-refractivity contribution in [2.45, 2.75) is 63.1 Å². The van der Waals surface area contributed by atoms with E-state index in [9.17, 15) is 14.7 Å². The Morgan fingerprint density at radius 2 is 2.12 bits per heavy atom. The highest BCUT2D eigenvalue weighted by Crippen LogP contribution is 2.64. The van der Waals surface area contributed by atoms with Crippen molar-refractivity contribution in [1.29, 1.82) is 0 Å². The van der Waals surface area contributed by atoms with Gasteiger partial charge in [0.15, 0.2) is 10.9 Å². The Hall–Kier alpha value is -0.770. The number of hydrogen-bond donors (Lipinski definition) is 2. The lowest BCUT2D eigenvalue weighted by Crippen LogP contribution is -2.44. The van der Waals surface area contributed by atoms with E-state index < -0.39 is 0 Å². The van der Waals surface area contributed by atoms with Crippen molar-refractivity contribution in [2.24, 2.45) is 23.2 Å². The molecule has 5 rings (SSSR count). The van der Waals surface area contributed by atoms with E-state index in [2.05, 4.69) is 71.1 Å². The molecule has 9 heteroatoms. The van der Waals surface area contributed by atoms with Crippen molar-refractivity contribution in [3.63, 3.8) is 0 Å². The van der Waals surface area contributed by atoms with Crippen LogP contribution in [-0.4, -0.2) is 26.6 Å². The van der Waals surface area contributed by atoms with Crippen LogP contribution >= 0.6 is 59.1 Å². The van der Waals surface area contributed by atoms with E-state index in [-0.39, 0.29) is 33.7 Å². The van der Waals surface area contributed by atoms with Crippen molar-refractivity contribution in [2.75, 3.05) is 5.32 Å². The zero-order chi connectivity index (χ0) is 24.4. The number of phenols is 1. The molecule has 182 valence electrons. The summed E-state index contributed by atoms with van der Waals surface area (Å²) in [5.74, 6) is 1.62. The molecule has 2 aromatic rings. The molecule has 1 amide bonds. The van der Waals surface area contributed by atoms with Gasteiger partial charge in [0.25, 0.3) is 0 Å². The third-order valence-corrected chi connectivity index (χ3v) is 11.8. The Labute approximate surface area is 228 Å². The normalized spacial score (nSPS) is 32.1. The number of anilines is 1. The number of aromatic nitrogens is 1. The molecule has 4 unspecified atom stereocenters. The number of benzene rings is 1. The average molecular weight is 675 g/mol. The maximum atomic E-state index is 13.5. The van der Waals surface area contributed by atoms with Crippen LogP contribution in [-0.2, 0) is 16.0 Å². The monoisotopic (exact) mass is 672 g/mol. The summed E-state index contributed by atoms with van der Waals surface area (Å²) in [6.07, 6.45) is 6.51. The van der Waals surface area contributed by atoms with E-state index in [0.717, 1.165) is 35.0 Å². The second kappa shape index (κ2) is 9.27. The minimum absolute atomic E-state index is 0.0419. The summed E-state index contributed by atoms with van der Waals surface area (Å²) in [6.45, 7) is 4.12. The fourth-order valence-electron chi connectivity index (χ4n) is 6.87. The van der Waals surface area contributed by atoms with E-state index in [4.69, 9.17) is 0 Å². The highest BCUT2D eigenvalue weighted by molar-refractivity contribution is 9.11. The lowest BCUT2D eigenvalue weighted by Gasteiger charge is -2.50. The van der Waals surface area contributed by atoms with Gasteiger partial charge in [0.2, 0.25) is 5.91 Å². The summed E-state index contributed by atoms with van der Waals surface area (Å²) in [5.41, 5.74) is 2.13. The first kappa shape index (κ1) is 24.9. The van der Waals surface area contributed by atoms with Gasteiger partial charge in [0.1, 0.15) is 5.75 Å². The number of rotatable bonds is 4. The number of fused-ring (bicyclic) bond motifs is 5. The summed E-state index contributed by atoms with van der Waals surface area (Å²) in [7, 11) is 0. The fourth-order valence-corrected chi connectivity index (χ4v) is 10.0. The fraction of sp³-hybridized carbons (Fsp3) is 0.560. The maximum Gasteiger partial charge on any atom is 0.226 e. The standard InChI is InChI=1S/C25H27Br3N2O3S/c1-11-10-29-24(34-11)30-18(31)6-5-15-19-13-3-4-14-16(9-17(26)22(32)20(14)27)12(13)7-8-25(19,2)23(33)21(15)28/h9-10,12-13,15,19,21,32H,3-8H2,1-2H3,(H,29,30,31)/t12?,13?,15-,19?,21?,25-/m0/s1. The Kier molecular flexibility index (Phi) is 6.79. The molecule has 0 spiro atoms. The van der Waals surface area contributed by atoms with Crippen LogP contribution in [0.5, 0.6) is 5.75 Å². The van der Waals surface area contributed by atoms with Crippen LogP contribution in [0, 0.1) is 30.1 Å². The van der Waals surface area contributed by atoms with Gasteiger partial charge in [-0.15, -0.1) is 11.3 Å². The number of nitrogens with zero attached hydrogens (tertiary/aromatic N) is 1. The molecular weight excluding hydrogens is 648 g/mol. The number of carbonyl (C=O) groups is 2. The zero-order valence-electron chi connectivity index (χ0n) is 19.0. The molecule has 6 atom stereocenters. The van der Waals surface area contributed by atoms with Gasteiger partial charge in [-0.25, -0.2) is 4.98 Å². The predicted octanol–water partition coefficient (Wildman–Crippen LogP) is 7.13. The Morgan fingerprint density at radius 1 is 1.35 bits per heavy atom. The van der Waals surface area contributed by atoms with Crippen LogP contribution in [0.25, 0.3) is 0 Å². The number of thiazole rings is 1. The molecule has 0 saturated heterocycles. The second-order valence-electron chi connectivity index (χ2n) is 10.2. The summed E-state index contributed by atoms with van der Waals surface area (Å²) in [5, 5.41) is 14.0. The van der Waals surface area contributed by atoms with Crippen molar-refractivity contribution in [3.8, 4) is 5.75 Å². The first-order chi connectivity index (χ1) is 16.1. The van der Waals surface area contributed by atoms with E-state index >= 15 is 0 Å². The number of aryl methyl sites for hydroxylation is 1. The Bertz CT molecular complexity index is 1170. The highest BCUT2D eigenvalue weighted by Gasteiger charge is 2.62. The number of phenolic OH excluding ortho intramolecular Hbond substituents is 1. The summed E-state index contributed by atoms with van der Waals surface area (Å²) >= 11 is 12.4. The minimum atomic E-state index is -0.355. The molecular formula is C25H27Br3N2O3S. The van der Waals surface area contributed by atoms with E-state index in [1.54, 1.807) is 6.20 Å². The third-order valence-electron chi connectivity index (χ3n) is 8.37. The van der Waals surface area contributed by atoms with Gasteiger partial charge in [0.05, 0.1) is 13.8 Å². The summed E-state index contributed by atoms with van der Waals surface area (Å²) in [6, 6.07) is 2.08. The van der Waals surface area contributed by atoms with Crippen LogP contribution in [0.4, 0.5) is 5.13 Å². The predicted molar refractivity (Wildman–Crippen MR) is 145 cm³/mol. The zero-order valence-corrected chi connectivity index (χ0v) is 24.6. The number of alkyl halides is 1. The molecule has 5 nitrogen and oxygen atoms in total. The molecule has 2 N–H and O–H groups in total. The number of hydrogen-bond acceptors (Lipinski definition) is 5. The van der Waals surface area contributed by atoms with E-state index in [1.807, 2.05) is 6.92 Å². The molecule has 34 heavy (non-hydrogen) atoms. The number of carbonyl (C=O) groups excluding carboxylic acids is 2. The van der Waals surface area contributed by atoms with Crippen LogP contribution < -0.4 is 5.32 Å². The molecule has 3 aliphatic carbocycles. The van der Waals surface area contributed by atoms with Gasteiger partial charge in [0, 0.05) is 22.9 Å². The third kappa shape index (κ3) is 4.02. The summed E-state index contributed by atoms with van der Waals surface area (Å²) in [4.78, 5) is 31.2. The molecule has 0 radical (unpaired) electrons. The number of halogens is 3. The topological polar surface area (TPSA) is 79.3 Å². The molecule has 3 aliphatic rings. The number of nitrogens with one attached hydrogen (secondary N) is 1. The quantitative estimate of drug-likeness (QED) is 0.339. The van der Waals surface area contributed by atoms with Crippen LogP contribution in [0.3, 0.4) is 0 Å². The van der Waals surface area contributed by atoms with Gasteiger partial charge in [-0.1, -0.05) is 22.9 Å². The molecule has 2 saturated carbocycles. The lowest BCUT2D eigenvalue weighted by molar-refractivity contribution is -0.129. The van der Waals surface area contributed by atoms with E-state index in [1.165, 1.54) is 22.5 Å². The number of amides is 1. The molecule has 0 aliphatic heterocycles. The number of aromatic hydroxyl groups is 1. The molecule has 1 heterocycles. The molecule has 1 aromatic carbocycles. The van der Waals surface area contributed by atoms with E-state index in [0.29, 0.717) is 40.1 Å². The second-order valence-corrected chi connectivity index (χ2v) is 14.0. The summed E-state index contributed by atoms with van der Waals surface area (Å²) < 4.78 is 1.49. The van der Waals surface area contributed by atoms with Crippen molar-refractivity contribution in [1.82, 2.24) is 4.98 Å². The Morgan fingerprint density at radius 3 is 2.82 bits per heavy atom. The Balaban J connectivity index is 1.40. The molecule has 2 fully saturated rings. The van der Waals surface area contributed by atoms with Gasteiger partial charge in [-0.3, -0.25) is 9.59 Å². The largest absolute Gasteiger partial charge is 0.506 e. The van der Waals surface area contributed by atoms with Crippen LogP contribution in [0.2, 0.25) is 0 Å². The van der Waals surface area contributed by atoms with Crippen molar-refractivity contribution >= 4 is 75.9 Å². The minimum Gasteiger partial charge on any atom is -0.506 e. The van der Waals surface area contributed by atoms with Crippen LogP contribution in [0.15, 0.2) is 21.2 Å². The highest BCUT2D eigenvalue weighted by atomic mass is 79.9. The average Bonchev–Trinajstić information content (AvgIpc) is 3.29. The number of Topliss-reactive ketones (excluding diaryl/α,β-unsaturated/α-hetero) is 1. The van der Waals surface area contributed by atoms with Gasteiger partial charge in [-0.2, -0.15) is 0 Å². The smallest absolute Gasteiger partial charge is 0.226 e. The number of ketones is 1.